The number of rotatable bonds is 6. The lowest BCUT2D eigenvalue weighted by molar-refractivity contribution is -0.121. The number of fused-ring (bicyclic) bond motifs is 1. The maximum absolute atomic E-state index is 12.3. The molecule has 10 heteroatoms. The number of carbonyl (C=O) groups excluding carboxylic acids is 1. The molecule has 0 fully saturated rings. The molecule has 1 heterocycles. The third-order valence-corrected chi connectivity index (χ3v) is 6.33. The standard InChI is InChI=1S/C20H25N5O4S/c1-20(2,3)14-6-8-15(9-7-14)21-19(26)13-29-25-18-12-16(30(27,28)24(4)5)10-11-17(18)22-23-25/h6-12H,13H2,1-5H3,(H,21,26). The fourth-order valence-electron chi connectivity index (χ4n) is 2.72. The molecule has 160 valence electrons. The second-order valence-electron chi connectivity index (χ2n) is 8.05. The van der Waals surface area contributed by atoms with Crippen molar-refractivity contribution in [2.45, 2.75) is 31.1 Å². The molecule has 2 aromatic carbocycles. The lowest BCUT2D eigenvalue weighted by Gasteiger charge is -2.19. The zero-order chi connectivity index (χ0) is 22.1. The Kier molecular flexibility index (Phi) is 5.82. The molecule has 1 amide bonds. The van der Waals surface area contributed by atoms with E-state index in [-0.39, 0.29) is 22.8 Å². The summed E-state index contributed by atoms with van der Waals surface area (Å²) in [7, 11) is -0.723. The summed E-state index contributed by atoms with van der Waals surface area (Å²) in [5.74, 6) is -0.376. The van der Waals surface area contributed by atoms with Crippen LogP contribution in [0.2, 0.25) is 0 Å². The van der Waals surface area contributed by atoms with Crippen LogP contribution in [-0.2, 0) is 20.2 Å². The van der Waals surface area contributed by atoms with E-state index in [9.17, 15) is 13.2 Å². The van der Waals surface area contributed by atoms with Crippen molar-refractivity contribution in [2.24, 2.45) is 0 Å². The minimum Gasteiger partial charge on any atom is -0.385 e. The van der Waals surface area contributed by atoms with Crippen LogP contribution in [0.4, 0.5) is 5.69 Å². The van der Waals surface area contributed by atoms with E-state index < -0.39 is 10.0 Å². The van der Waals surface area contributed by atoms with E-state index in [1.54, 1.807) is 0 Å². The van der Waals surface area contributed by atoms with Crippen LogP contribution in [0.3, 0.4) is 0 Å². The maximum Gasteiger partial charge on any atom is 0.265 e. The summed E-state index contributed by atoms with van der Waals surface area (Å²) in [6.45, 7) is 6.04. The third-order valence-electron chi connectivity index (χ3n) is 4.52. The summed E-state index contributed by atoms with van der Waals surface area (Å²) < 4.78 is 25.8. The van der Waals surface area contributed by atoms with Gasteiger partial charge in [0.05, 0.1) is 4.90 Å². The molecule has 0 aliphatic rings. The Bertz CT molecular complexity index is 1160. The van der Waals surface area contributed by atoms with E-state index in [0.29, 0.717) is 16.7 Å². The topological polar surface area (TPSA) is 106 Å². The van der Waals surface area contributed by atoms with Crippen molar-refractivity contribution in [3.63, 3.8) is 0 Å². The zero-order valence-electron chi connectivity index (χ0n) is 17.6. The molecule has 0 aliphatic carbocycles. The average molecular weight is 432 g/mol. The minimum absolute atomic E-state index is 0.0265. The SMILES string of the molecule is CN(C)S(=O)(=O)c1ccc2nnn(OCC(=O)Nc3ccc(C(C)(C)C)cc3)c2c1. The lowest BCUT2D eigenvalue weighted by Crippen LogP contribution is -2.26. The molecule has 0 radical (unpaired) electrons. The Morgan fingerprint density at radius 2 is 1.80 bits per heavy atom. The molecule has 1 N–H and O–H groups in total. The first-order valence-electron chi connectivity index (χ1n) is 9.30. The Labute approximate surface area is 175 Å². The molecule has 0 spiro atoms. The Hall–Kier alpha value is -2.98. The number of carbonyl (C=O) groups is 1. The van der Waals surface area contributed by atoms with Crippen LogP contribution < -0.4 is 10.2 Å². The van der Waals surface area contributed by atoms with Gasteiger partial charge >= 0.3 is 0 Å². The highest BCUT2D eigenvalue weighted by Gasteiger charge is 2.19. The number of nitrogens with one attached hydrogen (secondary N) is 1. The summed E-state index contributed by atoms with van der Waals surface area (Å²) in [5, 5.41) is 10.5. The highest BCUT2D eigenvalue weighted by atomic mass is 32.2. The fraction of sp³-hybridized carbons (Fsp3) is 0.350. The summed E-state index contributed by atoms with van der Waals surface area (Å²) in [6.07, 6.45) is 0. The first-order valence-corrected chi connectivity index (χ1v) is 10.7. The van der Waals surface area contributed by atoms with E-state index in [2.05, 4.69) is 36.4 Å². The number of aromatic nitrogens is 3. The molecule has 0 atom stereocenters. The Morgan fingerprint density at radius 3 is 2.40 bits per heavy atom. The van der Waals surface area contributed by atoms with Gasteiger partial charge in [0, 0.05) is 19.8 Å². The van der Waals surface area contributed by atoms with Crippen LogP contribution in [-0.4, -0.2) is 54.5 Å². The molecular formula is C20H25N5O4S. The molecule has 0 saturated carbocycles. The molecule has 0 bridgehead atoms. The molecule has 3 rings (SSSR count). The quantitative estimate of drug-likeness (QED) is 0.640. The number of amides is 1. The first-order chi connectivity index (χ1) is 14.0. The second-order valence-corrected chi connectivity index (χ2v) is 10.2. The van der Waals surface area contributed by atoms with E-state index in [4.69, 9.17) is 4.84 Å². The monoisotopic (exact) mass is 431 g/mol. The average Bonchev–Trinajstić information content (AvgIpc) is 3.08. The largest absolute Gasteiger partial charge is 0.385 e. The van der Waals surface area contributed by atoms with Crippen molar-refractivity contribution < 1.29 is 18.0 Å². The number of sulfonamides is 1. The normalized spacial score (nSPS) is 12.3. The molecule has 1 aromatic heterocycles. The summed E-state index contributed by atoms with van der Waals surface area (Å²) >= 11 is 0. The van der Waals surface area contributed by atoms with Crippen molar-refractivity contribution in [1.29, 1.82) is 0 Å². The van der Waals surface area contributed by atoms with Crippen LogP contribution in [0.15, 0.2) is 47.4 Å². The van der Waals surface area contributed by atoms with Gasteiger partial charge in [0.25, 0.3) is 5.91 Å². The van der Waals surface area contributed by atoms with Gasteiger partial charge in [-0.05, 0) is 46.5 Å². The van der Waals surface area contributed by atoms with Crippen LogP contribution in [0.25, 0.3) is 11.0 Å². The van der Waals surface area contributed by atoms with Gasteiger partial charge in [-0.25, -0.2) is 12.7 Å². The molecule has 0 aliphatic heterocycles. The molecule has 0 saturated heterocycles. The molecule has 0 unspecified atom stereocenters. The predicted molar refractivity (Wildman–Crippen MR) is 114 cm³/mol. The van der Waals surface area contributed by atoms with Gasteiger partial charge in [-0.2, -0.15) is 0 Å². The third kappa shape index (κ3) is 4.60. The number of hydrogen-bond donors (Lipinski definition) is 1. The second kappa shape index (κ2) is 8.04. The maximum atomic E-state index is 12.3. The summed E-state index contributed by atoms with van der Waals surface area (Å²) in [5.41, 5.74) is 2.64. The predicted octanol–water partition coefficient (Wildman–Crippen LogP) is 2.05. The lowest BCUT2D eigenvalue weighted by atomic mass is 9.87. The van der Waals surface area contributed by atoms with Gasteiger partial charge < -0.3 is 10.2 Å². The molecular weight excluding hydrogens is 406 g/mol. The van der Waals surface area contributed by atoms with Crippen molar-refractivity contribution in [3.8, 4) is 0 Å². The van der Waals surface area contributed by atoms with Crippen molar-refractivity contribution >= 4 is 32.7 Å². The summed E-state index contributed by atoms with van der Waals surface area (Å²) in [4.78, 5) is 18.8. The summed E-state index contributed by atoms with van der Waals surface area (Å²) in [6, 6.07) is 12.0. The molecule has 9 nitrogen and oxygen atoms in total. The highest BCUT2D eigenvalue weighted by molar-refractivity contribution is 7.89. The first kappa shape index (κ1) is 21.7. The van der Waals surface area contributed by atoms with E-state index in [1.165, 1.54) is 32.3 Å². The van der Waals surface area contributed by atoms with E-state index >= 15 is 0 Å². The zero-order valence-corrected chi connectivity index (χ0v) is 18.4. The number of nitrogens with zero attached hydrogens (tertiary/aromatic N) is 4. The van der Waals surface area contributed by atoms with Gasteiger partial charge in [-0.3, -0.25) is 4.79 Å². The van der Waals surface area contributed by atoms with Crippen molar-refractivity contribution in [3.05, 3.63) is 48.0 Å². The van der Waals surface area contributed by atoms with Gasteiger partial charge in [0.2, 0.25) is 10.0 Å². The van der Waals surface area contributed by atoms with Crippen LogP contribution in [0.5, 0.6) is 0 Å². The van der Waals surface area contributed by atoms with Crippen molar-refractivity contribution in [2.75, 3.05) is 26.0 Å². The van der Waals surface area contributed by atoms with E-state index in [0.717, 1.165) is 14.7 Å². The van der Waals surface area contributed by atoms with Crippen LogP contribution in [0, 0.1) is 0 Å². The molecule has 30 heavy (non-hydrogen) atoms. The van der Waals surface area contributed by atoms with Crippen LogP contribution in [0.1, 0.15) is 26.3 Å². The van der Waals surface area contributed by atoms with Crippen molar-refractivity contribution in [1.82, 2.24) is 19.5 Å². The van der Waals surface area contributed by atoms with E-state index in [1.807, 2.05) is 24.3 Å². The smallest absolute Gasteiger partial charge is 0.265 e. The van der Waals surface area contributed by atoms with Gasteiger partial charge in [-0.15, -0.1) is 5.10 Å². The van der Waals surface area contributed by atoms with Crippen LogP contribution >= 0.6 is 0 Å². The Morgan fingerprint density at radius 1 is 1.13 bits per heavy atom. The number of benzene rings is 2. The number of anilines is 1. The van der Waals surface area contributed by atoms with Gasteiger partial charge in [0.15, 0.2) is 6.61 Å². The Balaban J connectivity index is 1.70. The number of hydrogen-bond acceptors (Lipinski definition) is 6. The fourth-order valence-corrected chi connectivity index (χ4v) is 3.64. The minimum atomic E-state index is -3.62. The van der Waals surface area contributed by atoms with Gasteiger partial charge in [-0.1, -0.05) is 37.7 Å². The molecule has 3 aromatic rings. The van der Waals surface area contributed by atoms with Gasteiger partial charge in [0.1, 0.15) is 11.0 Å². The highest BCUT2D eigenvalue weighted by Crippen LogP contribution is 2.23.